The quantitative estimate of drug-likeness (QED) is 0.550. The SMILES string of the molecule is Nc1cc[nH]c(=O)c1N=O. The Bertz CT molecular complexity index is 304. The molecule has 5 heteroatoms. The number of nitrogens with two attached hydrogens (primary N) is 1. The van der Waals surface area contributed by atoms with Crippen LogP contribution >= 0.6 is 0 Å². The van der Waals surface area contributed by atoms with E-state index >= 15 is 0 Å². The van der Waals surface area contributed by atoms with Crippen molar-refractivity contribution in [2.45, 2.75) is 0 Å². The van der Waals surface area contributed by atoms with E-state index in [1.165, 1.54) is 12.3 Å². The summed E-state index contributed by atoms with van der Waals surface area (Å²) in [6.07, 6.45) is 1.35. The summed E-state index contributed by atoms with van der Waals surface area (Å²) in [6, 6.07) is 1.40. The van der Waals surface area contributed by atoms with E-state index in [2.05, 4.69) is 10.2 Å². The first-order valence-electron chi connectivity index (χ1n) is 2.56. The molecule has 0 amide bonds. The minimum Gasteiger partial charge on any atom is -0.397 e. The Balaban J connectivity index is 3.45. The lowest BCUT2D eigenvalue weighted by atomic mass is 10.4. The van der Waals surface area contributed by atoms with Crippen molar-refractivity contribution in [2.24, 2.45) is 5.18 Å². The highest BCUT2D eigenvalue weighted by molar-refractivity contribution is 5.59. The molecule has 0 aliphatic rings. The Labute approximate surface area is 55.8 Å². The average molecular weight is 139 g/mol. The van der Waals surface area contributed by atoms with Crippen molar-refractivity contribution in [3.63, 3.8) is 0 Å². The third kappa shape index (κ3) is 0.883. The number of H-pyrrole nitrogens is 1. The van der Waals surface area contributed by atoms with E-state index in [0.717, 1.165) is 0 Å². The van der Waals surface area contributed by atoms with Gasteiger partial charge in [-0.3, -0.25) is 4.79 Å². The zero-order chi connectivity index (χ0) is 7.56. The predicted octanol–water partition coefficient (Wildman–Crippen LogP) is 0.355. The summed E-state index contributed by atoms with van der Waals surface area (Å²) in [5.74, 6) is 0. The molecule has 0 aliphatic carbocycles. The van der Waals surface area contributed by atoms with Crippen LogP contribution in [0.2, 0.25) is 0 Å². The number of nitrogen functional groups attached to an aromatic ring is 1. The van der Waals surface area contributed by atoms with Gasteiger partial charge in [-0.15, -0.1) is 4.91 Å². The van der Waals surface area contributed by atoms with E-state index in [0.29, 0.717) is 0 Å². The van der Waals surface area contributed by atoms with Crippen molar-refractivity contribution in [1.29, 1.82) is 0 Å². The van der Waals surface area contributed by atoms with E-state index in [4.69, 9.17) is 5.73 Å². The van der Waals surface area contributed by atoms with Gasteiger partial charge in [-0.05, 0) is 11.2 Å². The van der Waals surface area contributed by atoms with Crippen LogP contribution in [0.4, 0.5) is 11.4 Å². The van der Waals surface area contributed by atoms with E-state index in [9.17, 15) is 9.70 Å². The van der Waals surface area contributed by atoms with Crippen LogP contribution in [-0.2, 0) is 0 Å². The summed E-state index contributed by atoms with van der Waals surface area (Å²) in [6.45, 7) is 0. The molecule has 0 fully saturated rings. The van der Waals surface area contributed by atoms with Crippen molar-refractivity contribution < 1.29 is 0 Å². The molecule has 0 bridgehead atoms. The van der Waals surface area contributed by atoms with Gasteiger partial charge < -0.3 is 10.7 Å². The van der Waals surface area contributed by atoms with Crippen LogP contribution in [0.5, 0.6) is 0 Å². The Morgan fingerprint density at radius 3 is 2.70 bits per heavy atom. The molecule has 0 saturated carbocycles. The van der Waals surface area contributed by atoms with Crippen LogP contribution in [0.25, 0.3) is 0 Å². The van der Waals surface area contributed by atoms with Crippen LogP contribution in [0.1, 0.15) is 0 Å². The number of anilines is 1. The maximum atomic E-state index is 10.6. The minimum atomic E-state index is -0.560. The second-order valence-electron chi connectivity index (χ2n) is 1.70. The van der Waals surface area contributed by atoms with Gasteiger partial charge in [0, 0.05) is 6.20 Å². The van der Waals surface area contributed by atoms with E-state index in [1.807, 2.05) is 0 Å². The van der Waals surface area contributed by atoms with Crippen molar-refractivity contribution >= 4 is 11.4 Å². The van der Waals surface area contributed by atoms with Crippen LogP contribution < -0.4 is 11.3 Å². The van der Waals surface area contributed by atoms with Gasteiger partial charge >= 0.3 is 0 Å². The average Bonchev–Trinajstić information content (AvgIpc) is 1.88. The molecule has 1 heterocycles. The fourth-order valence-electron chi connectivity index (χ4n) is 0.580. The summed E-state index contributed by atoms with van der Waals surface area (Å²) in [5, 5.41) is 2.45. The molecule has 0 atom stereocenters. The number of rotatable bonds is 1. The van der Waals surface area contributed by atoms with E-state index < -0.39 is 5.56 Å². The lowest BCUT2D eigenvalue weighted by Gasteiger charge is -1.91. The molecule has 0 spiro atoms. The fraction of sp³-hybridized carbons (Fsp3) is 0. The fourth-order valence-corrected chi connectivity index (χ4v) is 0.580. The molecule has 52 valence electrons. The van der Waals surface area contributed by atoms with Crippen LogP contribution in [0.3, 0.4) is 0 Å². The van der Waals surface area contributed by atoms with Crippen molar-refractivity contribution in [3.05, 3.63) is 27.5 Å². The molecule has 10 heavy (non-hydrogen) atoms. The lowest BCUT2D eigenvalue weighted by Crippen LogP contribution is -2.05. The highest BCUT2D eigenvalue weighted by Gasteiger charge is 2.01. The highest BCUT2D eigenvalue weighted by atomic mass is 16.3. The molecule has 0 unspecified atom stereocenters. The Kier molecular flexibility index (Phi) is 1.49. The molecule has 5 nitrogen and oxygen atoms in total. The molecule has 0 aromatic carbocycles. The smallest absolute Gasteiger partial charge is 0.279 e. The zero-order valence-electron chi connectivity index (χ0n) is 5.00. The maximum Gasteiger partial charge on any atom is 0.279 e. The third-order valence-corrected chi connectivity index (χ3v) is 1.06. The Morgan fingerprint density at radius 1 is 1.60 bits per heavy atom. The number of pyridine rings is 1. The molecule has 1 aromatic rings. The Morgan fingerprint density at radius 2 is 2.30 bits per heavy atom. The minimum absolute atomic E-state index is 0.0961. The second-order valence-corrected chi connectivity index (χ2v) is 1.70. The predicted molar refractivity (Wildman–Crippen MR) is 36.9 cm³/mol. The molecule has 0 saturated heterocycles. The van der Waals surface area contributed by atoms with Gasteiger partial charge in [-0.25, -0.2) is 0 Å². The maximum absolute atomic E-state index is 10.6. The topological polar surface area (TPSA) is 88.3 Å². The van der Waals surface area contributed by atoms with Gasteiger partial charge in [0.05, 0.1) is 5.69 Å². The molecular weight excluding hydrogens is 134 g/mol. The lowest BCUT2D eigenvalue weighted by molar-refractivity contribution is 1.22. The van der Waals surface area contributed by atoms with Gasteiger partial charge in [0.25, 0.3) is 5.56 Å². The van der Waals surface area contributed by atoms with Crippen molar-refractivity contribution in [2.75, 3.05) is 5.73 Å². The number of nitrogens with one attached hydrogen (secondary N) is 1. The summed E-state index contributed by atoms with van der Waals surface area (Å²) in [4.78, 5) is 22.8. The number of nitroso groups, excluding NO2 is 1. The first-order valence-corrected chi connectivity index (χ1v) is 2.56. The van der Waals surface area contributed by atoms with Gasteiger partial charge in [-0.2, -0.15) is 0 Å². The summed E-state index contributed by atoms with van der Waals surface area (Å²) >= 11 is 0. The van der Waals surface area contributed by atoms with Crippen LogP contribution in [0, 0.1) is 4.91 Å². The molecule has 0 aliphatic heterocycles. The van der Waals surface area contributed by atoms with E-state index in [-0.39, 0.29) is 11.4 Å². The van der Waals surface area contributed by atoms with Crippen LogP contribution in [0.15, 0.2) is 22.2 Å². The third-order valence-electron chi connectivity index (χ3n) is 1.06. The van der Waals surface area contributed by atoms with Gasteiger partial charge in [0.1, 0.15) is 0 Å². The number of nitrogens with zero attached hydrogens (tertiary/aromatic N) is 1. The monoisotopic (exact) mass is 139 g/mol. The summed E-state index contributed by atoms with van der Waals surface area (Å²) in [5.41, 5.74) is 4.49. The van der Waals surface area contributed by atoms with Crippen LogP contribution in [-0.4, -0.2) is 4.98 Å². The zero-order valence-corrected chi connectivity index (χ0v) is 5.00. The van der Waals surface area contributed by atoms with Gasteiger partial charge in [-0.1, -0.05) is 0 Å². The number of aromatic amines is 1. The first-order chi connectivity index (χ1) is 4.75. The molecule has 1 aromatic heterocycles. The standard InChI is InChI=1S/C5H5N3O2/c6-3-1-2-7-5(9)4(3)8-10/h1-2H,(H3,6,7,9). The van der Waals surface area contributed by atoms with Crippen molar-refractivity contribution in [1.82, 2.24) is 4.98 Å². The second kappa shape index (κ2) is 2.30. The molecular formula is C5H5N3O2. The summed E-state index contributed by atoms with van der Waals surface area (Å²) < 4.78 is 0. The largest absolute Gasteiger partial charge is 0.397 e. The number of aromatic nitrogens is 1. The molecule has 0 radical (unpaired) electrons. The van der Waals surface area contributed by atoms with Crippen molar-refractivity contribution in [3.8, 4) is 0 Å². The summed E-state index contributed by atoms with van der Waals surface area (Å²) in [7, 11) is 0. The van der Waals surface area contributed by atoms with E-state index in [1.54, 1.807) is 0 Å². The normalized spacial score (nSPS) is 9.20. The van der Waals surface area contributed by atoms with Gasteiger partial charge in [0.2, 0.25) is 0 Å². The Hall–Kier alpha value is -1.65. The number of hydrogen-bond acceptors (Lipinski definition) is 4. The first kappa shape index (κ1) is 6.47. The van der Waals surface area contributed by atoms with Gasteiger partial charge in [0.15, 0.2) is 5.69 Å². The molecule has 3 N–H and O–H groups in total. The number of hydrogen-bond donors (Lipinski definition) is 2. The highest BCUT2D eigenvalue weighted by Crippen LogP contribution is 2.12. The molecule has 1 rings (SSSR count).